The number of aromatic nitrogens is 2. The number of aryl methyl sites for hydroxylation is 1. The number of carbonyl (C=O) groups excluding carboxylic acids is 1. The maximum atomic E-state index is 12.7. The average molecular weight is 417 g/mol. The van der Waals surface area contributed by atoms with Crippen LogP contribution in [0.3, 0.4) is 0 Å². The summed E-state index contributed by atoms with van der Waals surface area (Å²) in [7, 11) is -3.58. The monoisotopic (exact) mass is 416 g/mol. The van der Waals surface area contributed by atoms with Crippen LogP contribution in [-0.2, 0) is 34.2 Å². The first-order valence-electron chi connectivity index (χ1n) is 10.3. The highest BCUT2D eigenvalue weighted by Crippen LogP contribution is 2.28. The molecule has 1 aromatic heterocycles. The van der Waals surface area contributed by atoms with Gasteiger partial charge in [0.25, 0.3) is 0 Å². The number of benzene rings is 1. The van der Waals surface area contributed by atoms with E-state index in [1.54, 1.807) is 16.8 Å². The molecule has 2 aromatic rings. The Kier molecular flexibility index (Phi) is 5.74. The van der Waals surface area contributed by atoms with Crippen molar-refractivity contribution in [2.45, 2.75) is 62.9 Å². The first-order chi connectivity index (χ1) is 13.9. The summed E-state index contributed by atoms with van der Waals surface area (Å²) in [6, 6.07) is 7.23. The molecule has 1 amide bonds. The zero-order valence-corrected chi connectivity index (χ0v) is 17.5. The molecule has 0 aliphatic heterocycles. The lowest BCUT2D eigenvalue weighted by molar-refractivity contribution is -0.125. The smallest absolute Gasteiger partial charge is 0.240 e. The number of sulfonamides is 1. The molecule has 1 heterocycles. The number of nitrogens with one attached hydrogen (secondary N) is 2. The van der Waals surface area contributed by atoms with Crippen molar-refractivity contribution in [1.29, 1.82) is 0 Å². The van der Waals surface area contributed by atoms with Gasteiger partial charge in [0, 0.05) is 24.7 Å². The highest BCUT2D eigenvalue weighted by atomic mass is 32.2. The van der Waals surface area contributed by atoms with Crippen LogP contribution in [0.1, 0.15) is 42.5 Å². The highest BCUT2D eigenvalue weighted by molar-refractivity contribution is 7.89. The Labute approximate surface area is 171 Å². The molecule has 0 spiro atoms. The molecule has 8 heteroatoms. The zero-order chi connectivity index (χ0) is 20.4. The molecule has 0 saturated heterocycles. The van der Waals surface area contributed by atoms with Crippen molar-refractivity contribution in [1.82, 2.24) is 19.8 Å². The van der Waals surface area contributed by atoms with Crippen LogP contribution in [-0.4, -0.2) is 36.7 Å². The van der Waals surface area contributed by atoms with Crippen molar-refractivity contribution >= 4 is 15.9 Å². The molecular weight excluding hydrogens is 388 g/mol. The number of carbonyl (C=O) groups is 1. The van der Waals surface area contributed by atoms with Crippen LogP contribution in [0.5, 0.6) is 0 Å². The molecule has 0 bridgehead atoms. The van der Waals surface area contributed by atoms with Gasteiger partial charge >= 0.3 is 0 Å². The zero-order valence-electron chi connectivity index (χ0n) is 16.7. The van der Waals surface area contributed by atoms with Gasteiger partial charge in [-0.3, -0.25) is 9.48 Å². The molecular formula is C21H28N4O3S. The Morgan fingerprint density at radius 3 is 2.66 bits per heavy atom. The number of amides is 1. The van der Waals surface area contributed by atoms with E-state index in [0.717, 1.165) is 48.9 Å². The first-order valence-corrected chi connectivity index (χ1v) is 11.8. The predicted molar refractivity (Wildman–Crippen MR) is 110 cm³/mol. The summed E-state index contributed by atoms with van der Waals surface area (Å²) >= 11 is 0. The van der Waals surface area contributed by atoms with E-state index >= 15 is 0 Å². The minimum atomic E-state index is -3.58. The van der Waals surface area contributed by atoms with Gasteiger partial charge in [0.15, 0.2) is 0 Å². The molecule has 1 aromatic carbocycles. The normalized spacial score (nSPS) is 19.4. The fraction of sp³-hybridized carbons (Fsp3) is 0.524. The van der Waals surface area contributed by atoms with Crippen LogP contribution in [0.15, 0.2) is 35.4 Å². The number of rotatable bonds is 7. The third-order valence-electron chi connectivity index (χ3n) is 5.90. The van der Waals surface area contributed by atoms with Crippen molar-refractivity contribution in [3.8, 4) is 0 Å². The van der Waals surface area contributed by atoms with Gasteiger partial charge in [-0.2, -0.15) is 5.10 Å². The van der Waals surface area contributed by atoms with Gasteiger partial charge in [0.1, 0.15) is 0 Å². The molecule has 2 aliphatic carbocycles. The Balaban J connectivity index is 1.35. The number of nitrogens with zero attached hydrogens (tertiary/aromatic N) is 2. The number of fused-ring (bicyclic) bond motifs is 1. The van der Waals surface area contributed by atoms with E-state index in [1.807, 2.05) is 25.3 Å². The average Bonchev–Trinajstić information content (AvgIpc) is 3.41. The van der Waals surface area contributed by atoms with Gasteiger partial charge in [-0.25, -0.2) is 13.1 Å². The molecule has 1 atom stereocenters. The molecule has 7 nitrogen and oxygen atoms in total. The van der Waals surface area contributed by atoms with E-state index in [4.69, 9.17) is 0 Å². The summed E-state index contributed by atoms with van der Waals surface area (Å²) in [5.41, 5.74) is 3.03. The first kappa shape index (κ1) is 20.1. The Morgan fingerprint density at radius 2 is 1.93 bits per heavy atom. The standard InChI is InChI=1S/C21H28N4O3S/c1-15-8-10-25(24-15)11-9-22-29(27,28)20-7-6-17-12-19(13-18(17)14-20)23-21(26)16-4-2-3-5-16/h6-8,10,14,16,19,22H,2-5,9,11-13H2,1H3,(H,23,26)/t19-/m0/s1. The third kappa shape index (κ3) is 4.70. The Hall–Kier alpha value is -2.19. The van der Waals surface area contributed by atoms with Crippen molar-refractivity contribution in [2.75, 3.05) is 6.54 Å². The summed E-state index contributed by atoms with van der Waals surface area (Å²) in [5, 5.41) is 7.42. The lowest BCUT2D eigenvalue weighted by atomic mass is 10.1. The highest BCUT2D eigenvalue weighted by Gasteiger charge is 2.28. The van der Waals surface area contributed by atoms with Crippen molar-refractivity contribution in [3.05, 3.63) is 47.3 Å². The van der Waals surface area contributed by atoms with Crippen LogP contribution < -0.4 is 10.0 Å². The van der Waals surface area contributed by atoms with Crippen LogP contribution in [0, 0.1) is 12.8 Å². The molecule has 29 heavy (non-hydrogen) atoms. The van der Waals surface area contributed by atoms with Crippen LogP contribution in [0.4, 0.5) is 0 Å². The lowest BCUT2D eigenvalue weighted by Gasteiger charge is -2.15. The molecule has 4 rings (SSSR count). The van der Waals surface area contributed by atoms with E-state index in [2.05, 4.69) is 15.1 Å². The molecule has 0 unspecified atom stereocenters. The molecule has 1 fully saturated rings. The quantitative estimate of drug-likeness (QED) is 0.721. The maximum Gasteiger partial charge on any atom is 0.240 e. The third-order valence-corrected chi connectivity index (χ3v) is 7.36. The van der Waals surface area contributed by atoms with Crippen molar-refractivity contribution in [2.24, 2.45) is 5.92 Å². The van der Waals surface area contributed by atoms with Crippen LogP contribution in [0.2, 0.25) is 0 Å². The van der Waals surface area contributed by atoms with E-state index in [1.165, 1.54) is 0 Å². The SMILES string of the molecule is Cc1ccn(CCNS(=O)(=O)c2ccc3c(c2)C[C@@H](NC(=O)C2CCCC2)C3)n1. The minimum absolute atomic E-state index is 0.0621. The molecule has 1 saturated carbocycles. The number of hydrogen-bond donors (Lipinski definition) is 2. The van der Waals surface area contributed by atoms with Gasteiger partial charge in [-0.05, 0) is 61.9 Å². The molecule has 2 aliphatic rings. The summed E-state index contributed by atoms with van der Waals surface area (Å²) in [6.45, 7) is 2.66. The van der Waals surface area contributed by atoms with Gasteiger partial charge in [0.05, 0.1) is 17.1 Å². The Morgan fingerprint density at radius 1 is 1.17 bits per heavy atom. The van der Waals surface area contributed by atoms with E-state index < -0.39 is 10.0 Å². The maximum absolute atomic E-state index is 12.7. The Bertz CT molecular complexity index is 993. The second-order valence-corrected chi connectivity index (χ2v) is 9.91. The van der Waals surface area contributed by atoms with E-state index in [0.29, 0.717) is 13.0 Å². The predicted octanol–water partition coefficient (Wildman–Crippen LogP) is 1.94. The minimum Gasteiger partial charge on any atom is -0.352 e. The summed E-state index contributed by atoms with van der Waals surface area (Å²) < 4.78 is 29.7. The second-order valence-electron chi connectivity index (χ2n) is 8.14. The van der Waals surface area contributed by atoms with Gasteiger partial charge in [-0.15, -0.1) is 0 Å². The van der Waals surface area contributed by atoms with Gasteiger partial charge in [0.2, 0.25) is 15.9 Å². The molecule has 0 radical (unpaired) electrons. The van der Waals surface area contributed by atoms with E-state index in [-0.39, 0.29) is 29.3 Å². The summed E-state index contributed by atoms with van der Waals surface area (Å²) in [6.07, 6.45) is 7.52. The van der Waals surface area contributed by atoms with Crippen LogP contribution in [0.25, 0.3) is 0 Å². The van der Waals surface area contributed by atoms with Gasteiger partial charge in [-0.1, -0.05) is 18.9 Å². The second kappa shape index (κ2) is 8.28. The summed E-state index contributed by atoms with van der Waals surface area (Å²) in [5.74, 6) is 0.307. The van der Waals surface area contributed by atoms with E-state index in [9.17, 15) is 13.2 Å². The van der Waals surface area contributed by atoms with Crippen molar-refractivity contribution in [3.63, 3.8) is 0 Å². The van der Waals surface area contributed by atoms with Crippen LogP contribution >= 0.6 is 0 Å². The largest absolute Gasteiger partial charge is 0.352 e. The fourth-order valence-electron chi connectivity index (χ4n) is 4.34. The lowest BCUT2D eigenvalue weighted by Crippen LogP contribution is -2.38. The number of hydrogen-bond acceptors (Lipinski definition) is 4. The van der Waals surface area contributed by atoms with Gasteiger partial charge < -0.3 is 5.32 Å². The van der Waals surface area contributed by atoms with Crippen molar-refractivity contribution < 1.29 is 13.2 Å². The topological polar surface area (TPSA) is 93.1 Å². The molecule has 2 N–H and O–H groups in total. The molecule has 156 valence electrons. The fourth-order valence-corrected chi connectivity index (χ4v) is 5.41. The summed E-state index contributed by atoms with van der Waals surface area (Å²) in [4.78, 5) is 12.7.